The van der Waals surface area contributed by atoms with Gasteiger partial charge in [-0.3, -0.25) is 0 Å². The number of methoxy groups -OCH3 is 1. The summed E-state index contributed by atoms with van der Waals surface area (Å²) in [6.07, 6.45) is 1.70. The first-order valence-electron chi connectivity index (χ1n) is 6.52. The van der Waals surface area contributed by atoms with Gasteiger partial charge in [-0.25, -0.2) is 17.5 Å². The lowest BCUT2D eigenvalue weighted by Crippen LogP contribution is -2.45. The molecule has 1 saturated heterocycles. The molecule has 0 amide bonds. The standard InChI is InChI=1S/C13H19FN2O3S/c1-9-12(6-5-11(19-2)13(9)14)20(17,18)16-10-4-3-7-15-8-10/h5-6,10,15-16H,3-4,7-8H2,1-2H3. The van der Waals surface area contributed by atoms with Gasteiger partial charge in [0.25, 0.3) is 0 Å². The molecule has 0 aromatic heterocycles. The minimum absolute atomic E-state index is 0.0404. The van der Waals surface area contributed by atoms with Crippen LogP contribution in [0.25, 0.3) is 0 Å². The Morgan fingerprint density at radius 3 is 2.80 bits per heavy atom. The molecule has 1 heterocycles. The maximum absolute atomic E-state index is 13.9. The second-order valence-electron chi connectivity index (χ2n) is 4.87. The molecule has 0 spiro atoms. The van der Waals surface area contributed by atoms with Crippen molar-refractivity contribution in [2.45, 2.75) is 30.7 Å². The molecule has 0 radical (unpaired) electrons. The van der Waals surface area contributed by atoms with Crippen LogP contribution < -0.4 is 14.8 Å². The summed E-state index contributed by atoms with van der Waals surface area (Å²) in [5.74, 6) is -0.599. The van der Waals surface area contributed by atoms with Gasteiger partial charge in [-0.05, 0) is 38.4 Å². The number of hydrogen-bond donors (Lipinski definition) is 2. The lowest BCUT2D eigenvalue weighted by atomic mass is 10.1. The van der Waals surface area contributed by atoms with E-state index >= 15 is 0 Å². The third-order valence-electron chi connectivity index (χ3n) is 3.43. The zero-order chi connectivity index (χ0) is 14.8. The highest BCUT2D eigenvalue weighted by atomic mass is 32.2. The van der Waals surface area contributed by atoms with Gasteiger partial charge in [0.15, 0.2) is 11.6 Å². The number of hydrogen-bond acceptors (Lipinski definition) is 4. The number of ether oxygens (including phenoxy) is 1. The Kier molecular flexibility index (Phi) is 4.62. The maximum Gasteiger partial charge on any atom is 0.241 e. The summed E-state index contributed by atoms with van der Waals surface area (Å²) in [7, 11) is -2.38. The Morgan fingerprint density at radius 1 is 1.45 bits per heavy atom. The molecule has 0 aliphatic carbocycles. The van der Waals surface area contributed by atoms with Crippen molar-refractivity contribution in [3.8, 4) is 5.75 Å². The number of nitrogens with one attached hydrogen (secondary N) is 2. The van der Waals surface area contributed by atoms with Crippen LogP contribution in [-0.2, 0) is 10.0 Å². The molecule has 1 fully saturated rings. The lowest BCUT2D eigenvalue weighted by Gasteiger charge is -2.24. The van der Waals surface area contributed by atoms with Gasteiger partial charge in [0.2, 0.25) is 10.0 Å². The highest BCUT2D eigenvalue weighted by Crippen LogP contribution is 2.26. The summed E-state index contributed by atoms with van der Waals surface area (Å²) in [4.78, 5) is -0.0404. The predicted octanol–water partition coefficient (Wildman–Crippen LogP) is 1.17. The van der Waals surface area contributed by atoms with E-state index in [1.54, 1.807) is 0 Å². The Morgan fingerprint density at radius 2 is 2.20 bits per heavy atom. The Labute approximate surface area is 118 Å². The van der Waals surface area contributed by atoms with E-state index in [9.17, 15) is 12.8 Å². The van der Waals surface area contributed by atoms with Gasteiger partial charge in [-0.2, -0.15) is 0 Å². The van der Waals surface area contributed by atoms with Crippen molar-refractivity contribution >= 4 is 10.0 Å². The fraction of sp³-hybridized carbons (Fsp3) is 0.538. The molecule has 2 N–H and O–H groups in total. The summed E-state index contributed by atoms with van der Waals surface area (Å²) in [5, 5.41) is 3.13. The monoisotopic (exact) mass is 302 g/mol. The largest absolute Gasteiger partial charge is 0.494 e. The van der Waals surface area contributed by atoms with Gasteiger partial charge in [0.05, 0.1) is 12.0 Å². The van der Waals surface area contributed by atoms with E-state index in [4.69, 9.17) is 4.74 Å². The topological polar surface area (TPSA) is 67.4 Å². The predicted molar refractivity (Wildman–Crippen MR) is 73.9 cm³/mol. The van der Waals surface area contributed by atoms with Crippen molar-refractivity contribution in [3.63, 3.8) is 0 Å². The third kappa shape index (κ3) is 3.11. The molecule has 112 valence electrons. The van der Waals surface area contributed by atoms with Crippen LogP contribution in [0.5, 0.6) is 5.75 Å². The molecule has 5 nitrogen and oxygen atoms in total. The molecule has 20 heavy (non-hydrogen) atoms. The number of benzene rings is 1. The van der Waals surface area contributed by atoms with Crippen molar-refractivity contribution in [1.82, 2.24) is 10.0 Å². The first kappa shape index (κ1) is 15.2. The van der Waals surface area contributed by atoms with Gasteiger partial charge in [0.1, 0.15) is 0 Å². The average Bonchev–Trinajstić information content (AvgIpc) is 2.42. The van der Waals surface area contributed by atoms with Crippen molar-refractivity contribution < 1.29 is 17.5 Å². The summed E-state index contributed by atoms with van der Waals surface area (Å²) >= 11 is 0. The Bertz CT molecular complexity index is 584. The van der Waals surface area contributed by atoms with Crippen LogP contribution in [0.1, 0.15) is 18.4 Å². The van der Waals surface area contributed by atoms with Crippen LogP contribution in [0.2, 0.25) is 0 Å². The second-order valence-corrected chi connectivity index (χ2v) is 6.55. The van der Waals surface area contributed by atoms with E-state index in [2.05, 4.69) is 10.0 Å². The quantitative estimate of drug-likeness (QED) is 0.876. The summed E-state index contributed by atoms with van der Waals surface area (Å²) in [6, 6.07) is 2.55. The summed E-state index contributed by atoms with van der Waals surface area (Å²) in [5.41, 5.74) is 0.0700. The van der Waals surface area contributed by atoms with Crippen LogP contribution >= 0.6 is 0 Å². The van der Waals surface area contributed by atoms with Crippen LogP contribution in [-0.4, -0.2) is 34.7 Å². The molecule has 1 aromatic carbocycles. The lowest BCUT2D eigenvalue weighted by molar-refractivity contribution is 0.383. The van der Waals surface area contributed by atoms with Gasteiger partial charge in [-0.1, -0.05) is 0 Å². The van der Waals surface area contributed by atoms with Gasteiger partial charge in [0, 0.05) is 18.2 Å². The van der Waals surface area contributed by atoms with E-state index in [1.807, 2.05) is 0 Å². The van der Waals surface area contributed by atoms with Crippen LogP contribution in [0.3, 0.4) is 0 Å². The number of sulfonamides is 1. The Balaban J connectivity index is 2.27. The fourth-order valence-corrected chi connectivity index (χ4v) is 3.83. The number of piperidine rings is 1. The van der Waals surface area contributed by atoms with E-state index in [0.29, 0.717) is 6.54 Å². The van der Waals surface area contributed by atoms with Crippen LogP contribution in [0.15, 0.2) is 17.0 Å². The SMILES string of the molecule is COc1ccc(S(=O)(=O)NC2CCCNC2)c(C)c1F. The van der Waals surface area contributed by atoms with Crippen molar-refractivity contribution in [3.05, 3.63) is 23.5 Å². The first-order chi connectivity index (χ1) is 9.45. The van der Waals surface area contributed by atoms with Gasteiger partial charge >= 0.3 is 0 Å². The third-order valence-corrected chi connectivity index (χ3v) is 5.09. The van der Waals surface area contributed by atoms with Crippen LogP contribution in [0, 0.1) is 12.7 Å². The van der Waals surface area contributed by atoms with Crippen LogP contribution in [0.4, 0.5) is 4.39 Å². The zero-order valence-electron chi connectivity index (χ0n) is 11.6. The molecule has 1 aliphatic rings. The van der Waals surface area contributed by atoms with E-state index in [0.717, 1.165) is 19.4 Å². The molecule has 2 rings (SSSR count). The normalized spacial score (nSPS) is 19.9. The molecule has 0 saturated carbocycles. The fourth-order valence-electron chi connectivity index (χ4n) is 2.33. The molecule has 7 heteroatoms. The smallest absolute Gasteiger partial charge is 0.241 e. The summed E-state index contributed by atoms with van der Waals surface area (Å²) < 4.78 is 46.1. The highest BCUT2D eigenvalue weighted by Gasteiger charge is 2.25. The van der Waals surface area contributed by atoms with Gasteiger partial charge < -0.3 is 10.1 Å². The highest BCUT2D eigenvalue weighted by molar-refractivity contribution is 7.89. The average molecular weight is 302 g/mol. The molecule has 1 aliphatic heterocycles. The second kappa shape index (κ2) is 6.07. The van der Waals surface area contributed by atoms with Crippen molar-refractivity contribution in [1.29, 1.82) is 0 Å². The molecule has 1 aromatic rings. The molecule has 1 unspecified atom stereocenters. The van der Waals surface area contributed by atoms with E-state index in [1.165, 1.54) is 26.2 Å². The van der Waals surface area contributed by atoms with E-state index in [-0.39, 0.29) is 22.3 Å². The molecular weight excluding hydrogens is 283 g/mol. The number of rotatable bonds is 4. The molecule has 0 bridgehead atoms. The molecular formula is C13H19FN2O3S. The van der Waals surface area contributed by atoms with Crippen molar-refractivity contribution in [2.75, 3.05) is 20.2 Å². The zero-order valence-corrected chi connectivity index (χ0v) is 12.4. The van der Waals surface area contributed by atoms with Gasteiger partial charge in [-0.15, -0.1) is 0 Å². The Hall–Kier alpha value is -1.18. The minimum Gasteiger partial charge on any atom is -0.494 e. The number of halogens is 1. The first-order valence-corrected chi connectivity index (χ1v) is 8.00. The molecule has 1 atom stereocenters. The minimum atomic E-state index is -3.72. The maximum atomic E-state index is 13.9. The van der Waals surface area contributed by atoms with E-state index < -0.39 is 15.8 Å². The van der Waals surface area contributed by atoms with Crippen molar-refractivity contribution in [2.24, 2.45) is 0 Å². The summed E-state index contributed by atoms with van der Waals surface area (Å²) in [6.45, 7) is 2.93.